The number of rotatable bonds is 10. The number of hydrogen-bond acceptors (Lipinski definition) is 5. The smallest absolute Gasteiger partial charge is 0.309 e. The number of hydrazine groups is 1. The molecule has 2 aromatic rings. The Kier molecular flexibility index (Phi) is 8.53. The molecule has 5 nitrogen and oxygen atoms in total. The molecule has 0 amide bonds. The standard InChI is InChI=1S/C19H24F3N3O2S2/c1-25(2)12-11-16(14-28-17-8-4-3-5-9-17)23-24-29(26,27)18-10-6-7-15(13-18)19(20,21)22/h3-10,13,16,23-24H,11-12,14H2,1-2H3/t16-/m1/s1. The fourth-order valence-corrected chi connectivity index (χ4v) is 4.36. The Hall–Kier alpha value is -1.59. The predicted octanol–water partition coefficient (Wildman–Crippen LogP) is 3.60. The van der Waals surface area contributed by atoms with Gasteiger partial charge in [-0.2, -0.15) is 13.2 Å². The second-order valence-electron chi connectivity index (χ2n) is 6.69. The van der Waals surface area contributed by atoms with Crippen LogP contribution in [0.5, 0.6) is 0 Å². The molecule has 0 aliphatic carbocycles. The summed E-state index contributed by atoms with van der Waals surface area (Å²) < 4.78 is 63.5. The predicted molar refractivity (Wildman–Crippen MR) is 109 cm³/mol. The quantitative estimate of drug-likeness (QED) is 0.431. The minimum Gasteiger partial charge on any atom is -0.309 e. The Balaban J connectivity index is 2.05. The number of benzene rings is 2. The molecule has 0 heterocycles. The molecule has 0 saturated carbocycles. The number of nitrogens with zero attached hydrogens (tertiary/aromatic N) is 1. The van der Waals surface area contributed by atoms with Gasteiger partial charge in [0.1, 0.15) is 0 Å². The van der Waals surface area contributed by atoms with E-state index in [9.17, 15) is 21.6 Å². The maximum absolute atomic E-state index is 12.9. The highest BCUT2D eigenvalue weighted by molar-refractivity contribution is 7.99. The average molecular weight is 448 g/mol. The molecule has 0 radical (unpaired) electrons. The van der Waals surface area contributed by atoms with Crippen LogP contribution in [0.1, 0.15) is 12.0 Å². The van der Waals surface area contributed by atoms with Crippen molar-refractivity contribution in [1.82, 2.24) is 15.2 Å². The van der Waals surface area contributed by atoms with Crippen molar-refractivity contribution in [2.75, 3.05) is 26.4 Å². The number of thioether (sulfide) groups is 1. The largest absolute Gasteiger partial charge is 0.416 e. The van der Waals surface area contributed by atoms with Gasteiger partial charge in [0, 0.05) is 16.7 Å². The van der Waals surface area contributed by atoms with E-state index in [0.29, 0.717) is 18.2 Å². The Labute approximate surface area is 173 Å². The van der Waals surface area contributed by atoms with Gasteiger partial charge in [-0.25, -0.2) is 13.8 Å². The summed E-state index contributed by atoms with van der Waals surface area (Å²) >= 11 is 1.57. The van der Waals surface area contributed by atoms with Crippen LogP contribution in [-0.2, 0) is 16.2 Å². The summed E-state index contributed by atoms with van der Waals surface area (Å²) in [7, 11) is -0.322. The second-order valence-corrected chi connectivity index (χ2v) is 9.46. The van der Waals surface area contributed by atoms with Crippen molar-refractivity contribution in [1.29, 1.82) is 0 Å². The minimum absolute atomic E-state index is 0.219. The van der Waals surface area contributed by atoms with Crippen molar-refractivity contribution in [3.63, 3.8) is 0 Å². The van der Waals surface area contributed by atoms with Crippen LogP contribution in [0.15, 0.2) is 64.4 Å². The maximum Gasteiger partial charge on any atom is 0.416 e. The summed E-state index contributed by atoms with van der Waals surface area (Å²) in [6.45, 7) is 0.721. The van der Waals surface area contributed by atoms with Crippen molar-refractivity contribution in [2.24, 2.45) is 0 Å². The van der Waals surface area contributed by atoms with Crippen molar-refractivity contribution >= 4 is 21.8 Å². The molecule has 0 spiro atoms. The van der Waals surface area contributed by atoms with E-state index in [2.05, 4.69) is 10.3 Å². The zero-order valence-corrected chi connectivity index (χ0v) is 17.7. The Bertz CT molecular complexity index is 876. The third-order valence-corrected chi connectivity index (χ3v) is 6.42. The number of halogens is 3. The highest BCUT2D eigenvalue weighted by Crippen LogP contribution is 2.30. The first-order valence-electron chi connectivity index (χ1n) is 8.85. The summed E-state index contributed by atoms with van der Waals surface area (Å²) in [5, 5.41) is 0. The van der Waals surface area contributed by atoms with Crippen LogP contribution in [0.2, 0.25) is 0 Å². The van der Waals surface area contributed by atoms with Gasteiger partial charge in [-0.15, -0.1) is 16.6 Å². The van der Waals surface area contributed by atoms with Crippen LogP contribution in [0.3, 0.4) is 0 Å². The molecule has 0 saturated heterocycles. The Morgan fingerprint density at radius 1 is 1.07 bits per heavy atom. The summed E-state index contributed by atoms with van der Waals surface area (Å²) in [6, 6.07) is 13.1. The van der Waals surface area contributed by atoms with Crippen molar-refractivity contribution in [3.8, 4) is 0 Å². The molecule has 0 unspecified atom stereocenters. The van der Waals surface area contributed by atoms with E-state index in [-0.39, 0.29) is 6.04 Å². The lowest BCUT2D eigenvalue weighted by Crippen LogP contribution is -2.46. The Morgan fingerprint density at radius 2 is 1.76 bits per heavy atom. The number of sulfonamides is 1. The van der Waals surface area contributed by atoms with Gasteiger partial charge in [-0.1, -0.05) is 24.3 Å². The lowest BCUT2D eigenvalue weighted by Gasteiger charge is -2.21. The van der Waals surface area contributed by atoms with Crippen LogP contribution >= 0.6 is 11.8 Å². The van der Waals surface area contributed by atoms with Crippen LogP contribution in [0, 0.1) is 0 Å². The summed E-state index contributed by atoms with van der Waals surface area (Å²) in [5.74, 6) is 0.586. The lowest BCUT2D eigenvalue weighted by molar-refractivity contribution is -0.137. The molecule has 2 N–H and O–H groups in total. The first-order valence-corrected chi connectivity index (χ1v) is 11.3. The number of hydrogen-bond donors (Lipinski definition) is 2. The fourth-order valence-electron chi connectivity index (χ4n) is 2.38. The van der Waals surface area contributed by atoms with E-state index >= 15 is 0 Å². The third-order valence-electron chi connectivity index (χ3n) is 3.99. The van der Waals surface area contributed by atoms with Gasteiger partial charge in [0.25, 0.3) is 10.0 Å². The van der Waals surface area contributed by atoms with Crippen LogP contribution < -0.4 is 10.3 Å². The number of alkyl halides is 3. The highest BCUT2D eigenvalue weighted by Gasteiger charge is 2.31. The third kappa shape index (κ3) is 7.98. The molecule has 10 heteroatoms. The average Bonchev–Trinajstić information content (AvgIpc) is 2.67. The van der Waals surface area contributed by atoms with Gasteiger partial charge in [-0.05, 0) is 57.4 Å². The van der Waals surface area contributed by atoms with Crippen LogP contribution in [-0.4, -0.2) is 45.8 Å². The molecule has 1 atom stereocenters. The summed E-state index contributed by atoms with van der Waals surface area (Å²) in [4.78, 5) is 4.82. The van der Waals surface area contributed by atoms with E-state index in [1.54, 1.807) is 11.8 Å². The molecule has 0 aliphatic heterocycles. The van der Waals surface area contributed by atoms with Crippen LogP contribution in [0.25, 0.3) is 0 Å². The topological polar surface area (TPSA) is 61.4 Å². The van der Waals surface area contributed by atoms with Gasteiger partial charge in [0.05, 0.1) is 10.5 Å². The molecule has 2 aromatic carbocycles. The normalized spacial score (nSPS) is 13.6. The van der Waals surface area contributed by atoms with Gasteiger partial charge in [-0.3, -0.25) is 0 Å². The molecule has 0 fully saturated rings. The van der Waals surface area contributed by atoms with Gasteiger partial charge in [0.15, 0.2) is 0 Å². The van der Waals surface area contributed by atoms with Crippen LogP contribution in [0.4, 0.5) is 13.2 Å². The second kappa shape index (κ2) is 10.4. The van der Waals surface area contributed by atoms with Crippen molar-refractivity contribution < 1.29 is 21.6 Å². The highest BCUT2D eigenvalue weighted by atomic mass is 32.2. The SMILES string of the molecule is CN(C)CC[C@H](CSc1ccccc1)NNS(=O)(=O)c1cccc(C(F)(F)F)c1. The number of nitrogens with one attached hydrogen (secondary N) is 2. The zero-order chi connectivity index (χ0) is 21.5. The molecule has 0 aliphatic rings. The molecule has 0 aromatic heterocycles. The van der Waals surface area contributed by atoms with E-state index in [4.69, 9.17) is 0 Å². The summed E-state index contributed by atoms with van der Waals surface area (Å²) in [5.41, 5.74) is 1.77. The van der Waals surface area contributed by atoms with Crippen molar-refractivity contribution in [3.05, 3.63) is 60.2 Å². The Morgan fingerprint density at radius 3 is 2.38 bits per heavy atom. The molecular weight excluding hydrogens is 423 g/mol. The van der Waals surface area contributed by atoms with E-state index in [1.807, 2.05) is 49.3 Å². The van der Waals surface area contributed by atoms with Crippen molar-refractivity contribution in [2.45, 2.75) is 28.4 Å². The molecule has 160 valence electrons. The monoisotopic (exact) mass is 447 g/mol. The molecule has 29 heavy (non-hydrogen) atoms. The van der Waals surface area contributed by atoms with Gasteiger partial charge in [0.2, 0.25) is 0 Å². The van der Waals surface area contributed by atoms with E-state index < -0.39 is 26.7 Å². The first kappa shape index (κ1) is 23.7. The van der Waals surface area contributed by atoms with E-state index in [0.717, 1.165) is 29.6 Å². The minimum atomic E-state index is -4.61. The zero-order valence-electron chi connectivity index (χ0n) is 16.1. The van der Waals surface area contributed by atoms with E-state index in [1.165, 1.54) is 0 Å². The maximum atomic E-state index is 12.9. The molecule has 0 bridgehead atoms. The first-order chi connectivity index (χ1) is 13.6. The lowest BCUT2D eigenvalue weighted by atomic mass is 10.2. The fraction of sp³-hybridized carbons (Fsp3) is 0.368. The van der Waals surface area contributed by atoms with Gasteiger partial charge >= 0.3 is 6.18 Å². The summed E-state index contributed by atoms with van der Waals surface area (Å²) in [6.07, 6.45) is -3.96. The molecule has 2 rings (SSSR count). The van der Waals surface area contributed by atoms with Gasteiger partial charge < -0.3 is 4.90 Å². The molecular formula is C19H24F3N3O2S2.